The van der Waals surface area contributed by atoms with E-state index in [2.05, 4.69) is 37.9 Å². The number of hydrogen-bond donors (Lipinski definition) is 1. The molecule has 0 aliphatic carbocycles. The summed E-state index contributed by atoms with van der Waals surface area (Å²) in [6.07, 6.45) is 4.60. The van der Waals surface area contributed by atoms with Gasteiger partial charge in [0.05, 0.1) is 12.6 Å². The molecule has 1 atom stereocenters. The third kappa shape index (κ3) is 4.13. The topological polar surface area (TPSA) is 36.4 Å². The summed E-state index contributed by atoms with van der Waals surface area (Å²) < 4.78 is 1.04. The molecule has 2 rings (SSSR count). The lowest BCUT2D eigenvalue weighted by atomic mass is 10.1. The van der Waals surface area contributed by atoms with Gasteiger partial charge in [-0.25, -0.2) is 0 Å². The van der Waals surface area contributed by atoms with Crippen molar-refractivity contribution in [2.75, 3.05) is 20.2 Å². The fraction of sp³-hybridized carbons (Fsp3) is 0.312. The third-order valence-electron chi connectivity index (χ3n) is 3.41. The monoisotopic (exact) mass is 334 g/mol. The van der Waals surface area contributed by atoms with Crippen molar-refractivity contribution in [1.82, 2.24) is 9.88 Å². The second-order valence-corrected chi connectivity index (χ2v) is 5.76. The smallest absolute Gasteiger partial charge is 0.0628 e. The molecule has 1 aromatic carbocycles. The lowest BCUT2D eigenvalue weighted by Crippen LogP contribution is -2.29. The molecule has 0 saturated carbocycles. The molecule has 2 aromatic rings. The average molecular weight is 335 g/mol. The number of aliphatic hydroxyl groups excluding tert-OH is 1. The fourth-order valence-electron chi connectivity index (χ4n) is 2.22. The summed E-state index contributed by atoms with van der Waals surface area (Å²) in [5.74, 6) is 0. The first kappa shape index (κ1) is 15.2. The summed E-state index contributed by atoms with van der Waals surface area (Å²) in [6, 6.07) is 12.1. The van der Waals surface area contributed by atoms with Crippen molar-refractivity contribution in [3.8, 4) is 0 Å². The van der Waals surface area contributed by atoms with E-state index in [0.29, 0.717) is 0 Å². The van der Waals surface area contributed by atoms with Crippen LogP contribution >= 0.6 is 15.9 Å². The van der Waals surface area contributed by atoms with Crippen LogP contribution in [0.3, 0.4) is 0 Å². The number of nitrogens with zero attached hydrogens (tertiary/aromatic N) is 2. The normalized spacial score (nSPS) is 12.6. The molecule has 0 spiro atoms. The minimum Gasteiger partial charge on any atom is -0.394 e. The number of hydrogen-bond acceptors (Lipinski definition) is 3. The number of rotatable bonds is 6. The average Bonchev–Trinajstić information content (AvgIpc) is 2.47. The van der Waals surface area contributed by atoms with Crippen LogP contribution in [0.5, 0.6) is 0 Å². The standard InChI is InChI=1S/C16H19BrN2O/c1-19(9-7-13-4-3-8-18-11-13)16(12-20)14-5-2-6-15(17)10-14/h2-6,8,10-11,16,20H,7,9,12H2,1H3/t16-/m1/s1. The van der Waals surface area contributed by atoms with Crippen LogP contribution in [-0.4, -0.2) is 35.2 Å². The molecular weight excluding hydrogens is 316 g/mol. The van der Waals surface area contributed by atoms with E-state index in [1.165, 1.54) is 5.56 Å². The highest BCUT2D eigenvalue weighted by Gasteiger charge is 2.16. The Labute approximate surface area is 128 Å². The summed E-state index contributed by atoms with van der Waals surface area (Å²) in [5, 5.41) is 9.67. The molecule has 0 saturated heterocycles. The Hall–Kier alpha value is -1.23. The predicted octanol–water partition coefficient (Wildman–Crippen LogP) is 3.05. The van der Waals surface area contributed by atoms with Gasteiger partial charge in [0, 0.05) is 23.4 Å². The van der Waals surface area contributed by atoms with Crippen molar-refractivity contribution in [1.29, 1.82) is 0 Å². The number of benzene rings is 1. The summed E-state index contributed by atoms with van der Waals surface area (Å²) in [4.78, 5) is 6.30. The van der Waals surface area contributed by atoms with Crippen molar-refractivity contribution in [3.05, 3.63) is 64.4 Å². The van der Waals surface area contributed by atoms with E-state index in [1.807, 2.05) is 37.5 Å². The fourth-order valence-corrected chi connectivity index (χ4v) is 2.64. The molecule has 4 heteroatoms. The van der Waals surface area contributed by atoms with E-state index in [4.69, 9.17) is 0 Å². The second-order valence-electron chi connectivity index (χ2n) is 4.85. The Balaban J connectivity index is 2.00. The van der Waals surface area contributed by atoms with Gasteiger partial charge < -0.3 is 5.11 Å². The van der Waals surface area contributed by atoms with E-state index >= 15 is 0 Å². The summed E-state index contributed by atoms with van der Waals surface area (Å²) in [7, 11) is 2.04. The number of halogens is 1. The Morgan fingerprint density at radius 1 is 1.30 bits per heavy atom. The van der Waals surface area contributed by atoms with E-state index in [9.17, 15) is 5.11 Å². The largest absolute Gasteiger partial charge is 0.394 e. The van der Waals surface area contributed by atoms with E-state index in [-0.39, 0.29) is 12.6 Å². The van der Waals surface area contributed by atoms with Crippen LogP contribution in [0, 0.1) is 0 Å². The van der Waals surface area contributed by atoms with Gasteiger partial charge >= 0.3 is 0 Å². The molecule has 106 valence electrons. The minimum atomic E-state index is 0.0178. The first-order chi connectivity index (χ1) is 9.70. The third-order valence-corrected chi connectivity index (χ3v) is 3.91. The first-order valence-corrected chi connectivity index (χ1v) is 7.45. The van der Waals surface area contributed by atoms with E-state index in [0.717, 1.165) is 23.0 Å². The maximum absolute atomic E-state index is 9.67. The van der Waals surface area contributed by atoms with E-state index in [1.54, 1.807) is 6.20 Å². The number of likely N-dealkylation sites (N-methyl/N-ethyl adjacent to an activating group) is 1. The van der Waals surface area contributed by atoms with Crippen LogP contribution in [0.25, 0.3) is 0 Å². The molecule has 0 aliphatic rings. The number of pyridine rings is 1. The predicted molar refractivity (Wildman–Crippen MR) is 84.5 cm³/mol. The van der Waals surface area contributed by atoms with Crippen LogP contribution in [0.4, 0.5) is 0 Å². The van der Waals surface area contributed by atoms with Crippen molar-refractivity contribution >= 4 is 15.9 Å². The summed E-state index contributed by atoms with van der Waals surface area (Å²) in [6.45, 7) is 0.990. The summed E-state index contributed by atoms with van der Waals surface area (Å²) in [5.41, 5.74) is 2.33. The number of aliphatic hydroxyl groups is 1. The molecule has 0 bridgehead atoms. The molecule has 0 radical (unpaired) electrons. The maximum atomic E-state index is 9.67. The minimum absolute atomic E-state index is 0.0178. The van der Waals surface area contributed by atoms with Crippen LogP contribution < -0.4 is 0 Å². The highest BCUT2D eigenvalue weighted by atomic mass is 79.9. The van der Waals surface area contributed by atoms with Gasteiger partial charge in [-0.05, 0) is 42.8 Å². The molecule has 0 unspecified atom stereocenters. The van der Waals surface area contributed by atoms with Crippen molar-refractivity contribution in [2.45, 2.75) is 12.5 Å². The van der Waals surface area contributed by atoms with Crippen molar-refractivity contribution < 1.29 is 5.11 Å². The lowest BCUT2D eigenvalue weighted by molar-refractivity contribution is 0.149. The quantitative estimate of drug-likeness (QED) is 0.881. The van der Waals surface area contributed by atoms with Crippen LogP contribution in [0.2, 0.25) is 0 Å². The molecule has 0 amide bonds. The van der Waals surface area contributed by atoms with Gasteiger partial charge in [0.15, 0.2) is 0 Å². The van der Waals surface area contributed by atoms with Crippen LogP contribution in [-0.2, 0) is 6.42 Å². The highest BCUT2D eigenvalue weighted by Crippen LogP contribution is 2.22. The zero-order chi connectivity index (χ0) is 14.4. The number of aromatic nitrogens is 1. The Morgan fingerprint density at radius 2 is 2.15 bits per heavy atom. The van der Waals surface area contributed by atoms with Gasteiger partial charge in [0.1, 0.15) is 0 Å². The molecule has 0 fully saturated rings. The molecule has 3 nitrogen and oxygen atoms in total. The molecule has 1 N–H and O–H groups in total. The van der Waals surface area contributed by atoms with Gasteiger partial charge in [-0.3, -0.25) is 9.88 Å². The lowest BCUT2D eigenvalue weighted by Gasteiger charge is -2.27. The Bertz CT molecular complexity index is 533. The molecule has 1 aromatic heterocycles. The van der Waals surface area contributed by atoms with Gasteiger partial charge in [-0.2, -0.15) is 0 Å². The Morgan fingerprint density at radius 3 is 2.80 bits per heavy atom. The molecule has 0 aliphatic heterocycles. The second kappa shape index (κ2) is 7.53. The first-order valence-electron chi connectivity index (χ1n) is 6.66. The zero-order valence-corrected chi connectivity index (χ0v) is 13.1. The zero-order valence-electron chi connectivity index (χ0n) is 11.5. The summed E-state index contributed by atoms with van der Waals surface area (Å²) >= 11 is 3.48. The molecular formula is C16H19BrN2O. The SMILES string of the molecule is CN(CCc1cccnc1)[C@H](CO)c1cccc(Br)c1. The highest BCUT2D eigenvalue weighted by molar-refractivity contribution is 9.10. The van der Waals surface area contributed by atoms with Crippen molar-refractivity contribution in [3.63, 3.8) is 0 Å². The Kier molecular flexibility index (Phi) is 5.71. The molecule has 1 heterocycles. The van der Waals surface area contributed by atoms with Gasteiger partial charge in [0.25, 0.3) is 0 Å². The van der Waals surface area contributed by atoms with Gasteiger partial charge in [-0.15, -0.1) is 0 Å². The van der Waals surface area contributed by atoms with Crippen LogP contribution in [0.15, 0.2) is 53.3 Å². The maximum Gasteiger partial charge on any atom is 0.0628 e. The van der Waals surface area contributed by atoms with Gasteiger partial charge in [-0.1, -0.05) is 34.1 Å². The van der Waals surface area contributed by atoms with E-state index < -0.39 is 0 Å². The molecule has 20 heavy (non-hydrogen) atoms. The van der Waals surface area contributed by atoms with Crippen LogP contribution in [0.1, 0.15) is 17.2 Å². The van der Waals surface area contributed by atoms with Gasteiger partial charge in [0.2, 0.25) is 0 Å². The van der Waals surface area contributed by atoms with Crippen molar-refractivity contribution in [2.24, 2.45) is 0 Å².